The number of hydrogen-bond donors (Lipinski definition) is 2. The van der Waals surface area contributed by atoms with Gasteiger partial charge in [-0.2, -0.15) is 0 Å². The van der Waals surface area contributed by atoms with Crippen molar-refractivity contribution in [3.05, 3.63) is 23.3 Å². The van der Waals surface area contributed by atoms with Crippen LogP contribution in [0.3, 0.4) is 0 Å². The van der Waals surface area contributed by atoms with E-state index in [1.54, 1.807) is 7.11 Å². The highest BCUT2D eigenvalue weighted by Crippen LogP contribution is 2.35. The summed E-state index contributed by atoms with van der Waals surface area (Å²) < 4.78 is 5.14. The Hall–Kier alpha value is -1.22. The quantitative estimate of drug-likeness (QED) is 0.805. The van der Waals surface area contributed by atoms with Gasteiger partial charge in [0.05, 0.1) is 7.11 Å². The Morgan fingerprint density at radius 1 is 1.50 bits per heavy atom. The second kappa shape index (κ2) is 4.34. The van der Waals surface area contributed by atoms with Crippen LogP contribution in [0.15, 0.2) is 12.1 Å². The second-order valence-electron chi connectivity index (χ2n) is 4.42. The molecule has 0 saturated heterocycles. The van der Waals surface area contributed by atoms with Crippen molar-refractivity contribution in [2.75, 3.05) is 7.11 Å². The molecule has 88 valence electrons. The Kier molecular flexibility index (Phi) is 3.06. The lowest BCUT2D eigenvalue weighted by molar-refractivity contribution is 0.365. The van der Waals surface area contributed by atoms with Crippen molar-refractivity contribution in [3.63, 3.8) is 0 Å². The van der Waals surface area contributed by atoms with E-state index in [0.717, 1.165) is 12.8 Å². The van der Waals surface area contributed by atoms with Gasteiger partial charge in [0.2, 0.25) is 0 Å². The van der Waals surface area contributed by atoms with Gasteiger partial charge in [-0.15, -0.1) is 0 Å². The average Bonchev–Trinajstić information content (AvgIpc) is 2.29. The minimum absolute atomic E-state index is 0.227. The summed E-state index contributed by atoms with van der Waals surface area (Å²) in [7, 11) is 1.59. The highest BCUT2D eigenvalue weighted by molar-refractivity contribution is 5.48. The van der Waals surface area contributed by atoms with Crippen LogP contribution in [0.25, 0.3) is 0 Å². The normalized spacial score (nSPS) is 23.9. The molecule has 2 rings (SSSR count). The lowest BCUT2D eigenvalue weighted by Crippen LogP contribution is -2.37. The summed E-state index contributed by atoms with van der Waals surface area (Å²) >= 11 is 0. The minimum Gasteiger partial charge on any atom is -0.504 e. The molecule has 2 atom stereocenters. The highest BCUT2D eigenvalue weighted by atomic mass is 16.5. The van der Waals surface area contributed by atoms with Crippen LogP contribution >= 0.6 is 0 Å². The van der Waals surface area contributed by atoms with E-state index in [1.807, 2.05) is 12.1 Å². The number of aromatic hydroxyl groups is 1. The topological polar surface area (TPSA) is 41.5 Å². The van der Waals surface area contributed by atoms with Crippen molar-refractivity contribution in [1.82, 2.24) is 5.32 Å². The van der Waals surface area contributed by atoms with Crippen LogP contribution < -0.4 is 10.1 Å². The van der Waals surface area contributed by atoms with E-state index in [4.69, 9.17) is 4.74 Å². The van der Waals surface area contributed by atoms with E-state index in [2.05, 4.69) is 19.2 Å². The Morgan fingerprint density at radius 3 is 2.88 bits per heavy atom. The summed E-state index contributed by atoms with van der Waals surface area (Å²) in [6.45, 7) is 4.32. The zero-order chi connectivity index (χ0) is 11.7. The first kappa shape index (κ1) is 11.3. The monoisotopic (exact) mass is 221 g/mol. The number of benzene rings is 1. The van der Waals surface area contributed by atoms with E-state index < -0.39 is 0 Å². The van der Waals surface area contributed by atoms with Crippen molar-refractivity contribution < 1.29 is 9.84 Å². The van der Waals surface area contributed by atoms with Crippen LogP contribution in [0.4, 0.5) is 0 Å². The number of phenolic OH excluding ortho intramolecular Hbond substituents is 1. The van der Waals surface area contributed by atoms with Gasteiger partial charge in [0, 0.05) is 12.1 Å². The van der Waals surface area contributed by atoms with Gasteiger partial charge in [0.15, 0.2) is 11.5 Å². The molecule has 3 nitrogen and oxygen atoms in total. The van der Waals surface area contributed by atoms with Crippen LogP contribution in [0.5, 0.6) is 11.5 Å². The fourth-order valence-corrected chi connectivity index (χ4v) is 2.40. The van der Waals surface area contributed by atoms with Gasteiger partial charge in [-0.3, -0.25) is 0 Å². The molecule has 16 heavy (non-hydrogen) atoms. The van der Waals surface area contributed by atoms with E-state index in [1.165, 1.54) is 11.1 Å². The van der Waals surface area contributed by atoms with Crippen molar-refractivity contribution >= 4 is 0 Å². The third-order valence-electron chi connectivity index (χ3n) is 3.35. The van der Waals surface area contributed by atoms with Crippen molar-refractivity contribution in [3.8, 4) is 11.5 Å². The van der Waals surface area contributed by atoms with Crippen LogP contribution in [-0.2, 0) is 6.42 Å². The molecule has 3 heteroatoms. The average molecular weight is 221 g/mol. The molecule has 1 aromatic rings. The molecule has 1 heterocycles. The Bertz CT molecular complexity index is 390. The summed E-state index contributed by atoms with van der Waals surface area (Å²) in [6, 6.07) is 4.60. The second-order valence-corrected chi connectivity index (χ2v) is 4.42. The van der Waals surface area contributed by atoms with E-state index in [0.29, 0.717) is 17.8 Å². The summed E-state index contributed by atoms with van der Waals surface area (Å²) in [6.07, 6.45) is 2.12. The molecule has 0 bridgehead atoms. The van der Waals surface area contributed by atoms with Crippen LogP contribution in [0.1, 0.15) is 37.4 Å². The highest BCUT2D eigenvalue weighted by Gasteiger charge is 2.23. The Labute approximate surface area is 96.4 Å². The third-order valence-corrected chi connectivity index (χ3v) is 3.35. The standard InChI is InChI=1S/C13H19NO2/c1-4-10-5-9-6-13(16-3)12(15)7-11(9)8(2)14-10/h6-8,10,14-15H,4-5H2,1-3H3/t8-,10-/m1/s1. The summed E-state index contributed by atoms with van der Waals surface area (Å²) in [4.78, 5) is 0. The largest absolute Gasteiger partial charge is 0.504 e. The van der Waals surface area contributed by atoms with Gasteiger partial charge in [0.25, 0.3) is 0 Å². The molecule has 0 aromatic heterocycles. The van der Waals surface area contributed by atoms with Crippen LogP contribution in [0, 0.1) is 0 Å². The van der Waals surface area contributed by atoms with Crippen molar-refractivity contribution in [2.45, 2.75) is 38.8 Å². The molecule has 0 spiro atoms. The van der Waals surface area contributed by atoms with Crippen molar-refractivity contribution in [2.24, 2.45) is 0 Å². The fourth-order valence-electron chi connectivity index (χ4n) is 2.40. The summed E-state index contributed by atoms with van der Waals surface area (Å²) in [5, 5.41) is 13.3. The van der Waals surface area contributed by atoms with E-state index >= 15 is 0 Å². The number of hydrogen-bond acceptors (Lipinski definition) is 3. The van der Waals surface area contributed by atoms with Crippen molar-refractivity contribution in [1.29, 1.82) is 0 Å². The molecular weight excluding hydrogens is 202 g/mol. The fraction of sp³-hybridized carbons (Fsp3) is 0.538. The molecule has 0 fully saturated rings. The molecule has 1 aliphatic rings. The van der Waals surface area contributed by atoms with Gasteiger partial charge in [-0.1, -0.05) is 6.92 Å². The first-order valence-corrected chi connectivity index (χ1v) is 5.81. The summed E-state index contributed by atoms with van der Waals surface area (Å²) in [5.41, 5.74) is 2.47. The lowest BCUT2D eigenvalue weighted by Gasteiger charge is -2.31. The molecule has 0 amide bonds. The van der Waals surface area contributed by atoms with Gasteiger partial charge in [-0.05, 0) is 43.0 Å². The molecular formula is C13H19NO2. The predicted octanol–water partition coefficient (Wildman–Crippen LogP) is 2.39. The minimum atomic E-state index is 0.227. The summed E-state index contributed by atoms with van der Waals surface area (Å²) in [5.74, 6) is 0.799. The zero-order valence-electron chi connectivity index (χ0n) is 10.1. The maximum absolute atomic E-state index is 9.75. The molecule has 2 N–H and O–H groups in total. The van der Waals surface area contributed by atoms with Gasteiger partial charge in [-0.25, -0.2) is 0 Å². The first-order valence-electron chi connectivity index (χ1n) is 5.81. The number of methoxy groups -OCH3 is 1. The SMILES string of the molecule is CC[C@@H]1Cc2cc(OC)c(O)cc2[C@@H](C)N1. The van der Waals surface area contributed by atoms with Gasteiger partial charge in [0.1, 0.15) is 0 Å². The third kappa shape index (κ3) is 1.87. The van der Waals surface area contributed by atoms with Crippen LogP contribution in [-0.4, -0.2) is 18.3 Å². The molecule has 1 aliphatic heterocycles. The lowest BCUT2D eigenvalue weighted by atomic mass is 9.89. The van der Waals surface area contributed by atoms with Gasteiger partial charge < -0.3 is 15.2 Å². The Morgan fingerprint density at radius 2 is 2.25 bits per heavy atom. The van der Waals surface area contributed by atoms with Gasteiger partial charge >= 0.3 is 0 Å². The maximum atomic E-state index is 9.75. The number of rotatable bonds is 2. The molecule has 0 radical (unpaired) electrons. The molecule has 1 aromatic carbocycles. The number of phenols is 1. The smallest absolute Gasteiger partial charge is 0.160 e. The predicted molar refractivity (Wildman–Crippen MR) is 64.0 cm³/mol. The van der Waals surface area contributed by atoms with Crippen LogP contribution in [0.2, 0.25) is 0 Å². The molecule has 0 saturated carbocycles. The zero-order valence-corrected chi connectivity index (χ0v) is 10.1. The Balaban J connectivity index is 2.41. The maximum Gasteiger partial charge on any atom is 0.160 e. The first-order chi connectivity index (χ1) is 7.65. The molecule has 0 aliphatic carbocycles. The van der Waals surface area contributed by atoms with E-state index in [9.17, 15) is 5.11 Å². The number of nitrogens with one attached hydrogen (secondary N) is 1. The van der Waals surface area contributed by atoms with E-state index in [-0.39, 0.29) is 5.75 Å². The number of ether oxygens (including phenoxy) is 1. The molecule has 0 unspecified atom stereocenters. The number of fused-ring (bicyclic) bond motifs is 1.